The third kappa shape index (κ3) is 1.31. The van der Waals surface area contributed by atoms with Crippen molar-refractivity contribution >= 4 is 5.91 Å². The van der Waals surface area contributed by atoms with Crippen molar-refractivity contribution in [1.29, 1.82) is 0 Å². The molecule has 1 aliphatic rings. The molecule has 0 aromatic heterocycles. The van der Waals surface area contributed by atoms with Crippen LogP contribution in [-0.4, -0.2) is 10.8 Å². The minimum Gasteiger partial charge on any atom is -0.291 e. The molecule has 0 spiro atoms. The maximum atomic E-state index is 11.1. The van der Waals surface area contributed by atoms with Gasteiger partial charge in [0.15, 0.2) is 0 Å². The summed E-state index contributed by atoms with van der Waals surface area (Å²) in [6.07, 6.45) is 3.54. The standard InChI is InChI=1S/C7H11NO/c1-7(2,3)6(9)8-4-5-8/h4-5H,1-3H3. The summed E-state index contributed by atoms with van der Waals surface area (Å²) in [5.41, 5.74) is -0.233. The number of hydrogen-bond donors (Lipinski definition) is 0. The highest BCUT2D eigenvalue weighted by Crippen LogP contribution is 2.21. The van der Waals surface area contributed by atoms with Gasteiger partial charge in [-0.15, -0.1) is 0 Å². The topological polar surface area (TPSA) is 20.1 Å². The van der Waals surface area contributed by atoms with Gasteiger partial charge in [-0.05, 0) is 0 Å². The van der Waals surface area contributed by atoms with Crippen molar-refractivity contribution in [2.75, 3.05) is 0 Å². The monoisotopic (exact) mass is 125 g/mol. The number of nitrogens with zero attached hydrogens (tertiary/aromatic N) is 1. The summed E-state index contributed by atoms with van der Waals surface area (Å²) in [5, 5.41) is 0. The van der Waals surface area contributed by atoms with E-state index in [9.17, 15) is 4.79 Å². The molecule has 0 aliphatic carbocycles. The van der Waals surface area contributed by atoms with Crippen LogP contribution in [-0.2, 0) is 4.79 Å². The Morgan fingerprint density at radius 1 is 1.33 bits per heavy atom. The molecule has 1 aliphatic heterocycles. The van der Waals surface area contributed by atoms with E-state index in [1.54, 1.807) is 17.3 Å². The molecule has 1 heterocycles. The summed E-state index contributed by atoms with van der Waals surface area (Å²) in [7, 11) is 0. The average molecular weight is 125 g/mol. The Morgan fingerprint density at radius 3 is 1.89 bits per heavy atom. The number of amides is 1. The summed E-state index contributed by atoms with van der Waals surface area (Å²) >= 11 is 0. The van der Waals surface area contributed by atoms with E-state index >= 15 is 0 Å². The van der Waals surface area contributed by atoms with Gasteiger partial charge in [0, 0.05) is 17.8 Å². The van der Waals surface area contributed by atoms with Gasteiger partial charge in [-0.25, -0.2) is 0 Å². The van der Waals surface area contributed by atoms with E-state index in [2.05, 4.69) is 0 Å². The molecule has 2 heteroatoms. The van der Waals surface area contributed by atoms with Crippen LogP contribution in [0.5, 0.6) is 0 Å². The highest BCUT2D eigenvalue weighted by molar-refractivity contribution is 5.85. The first kappa shape index (κ1) is 6.33. The Kier molecular flexibility index (Phi) is 1.12. The third-order valence-electron chi connectivity index (χ3n) is 1.17. The summed E-state index contributed by atoms with van der Waals surface area (Å²) in [5.74, 6) is 0.169. The highest BCUT2D eigenvalue weighted by atomic mass is 16.2. The molecule has 0 bridgehead atoms. The molecule has 2 nitrogen and oxygen atoms in total. The van der Waals surface area contributed by atoms with E-state index in [0.29, 0.717) is 0 Å². The van der Waals surface area contributed by atoms with E-state index in [1.165, 1.54) is 0 Å². The molecular formula is C7H11NO. The molecular weight excluding hydrogens is 114 g/mol. The maximum absolute atomic E-state index is 11.1. The normalized spacial score (nSPS) is 16.1. The molecule has 0 fully saturated rings. The first-order valence-corrected chi connectivity index (χ1v) is 3.03. The van der Waals surface area contributed by atoms with E-state index < -0.39 is 0 Å². The summed E-state index contributed by atoms with van der Waals surface area (Å²) in [6, 6.07) is 0. The Morgan fingerprint density at radius 2 is 1.78 bits per heavy atom. The van der Waals surface area contributed by atoms with E-state index in [4.69, 9.17) is 0 Å². The minimum atomic E-state index is -0.233. The van der Waals surface area contributed by atoms with Crippen LogP contribution in [0.25, 0.3) is 0 Å². The van der Waals surface area contributed by atoms with Gasteiger partial charge >= 0.3 is 0 Å². The van der Waals surface area contributed by atoms with Gasteiger partial charge in [0.2, 0.25) is 5.91 Å². The van der Waals surface area contributed by atoms with E-state index in [0.717, 1.165) is 0 Å². The van der Waals surface area contributed by atoms with Crippen LogP contribution >= 0.6 is 0 Å². The first-order chi connectivity index (χ1) is 4.02. The lowest BCUT2D eigenvalue weighted by atomic mass is 9.96. The van der Waals surface area contributed by atoms with Gasteiger partial charge in [0.1, 0.15) is 0 Å². The molecule has 0 radical (unpaired) electrons. The van der Waals surface area contributed by atoms with E-state index in [-0.39, 0.29) is 11.3 Å². The number of carbonyl (C=O) groups excluding carboxylic acids is 1. The van der Waals surface area contributed by atoms with Gasteiger partial charge < -0.3 is 0 Å². The van der Waals surface area contributed by atoms with Crippen LogP contribution in [0, 0.1) is 5.41 Å². The lowest BCUT2D eigenvalue weighted by molar-refractivity contribution is -0.132. The van der Waals surface area contributed by atoms with E-state index in [1.807, 2.05) is 20.8 Å². The number of hydrogen-bond acceptors (Lipinski definition) is 1. The summed E-state index contributed by atoms with van der Waals surface area (Å²) < 4.78 is 0. The van der Waals surface area contributed by atoms with Gasteiger partial charge in [0.25, 0.3) is 0 Å². The zero-order chi connectivity index (χ0) is 7.07. The van der Waals surface area contributed by atoms with Crippen LogP contribution in [0.15, 0.2) is 12.4 Å². The fraction of sp³-hybridized carbons (Fsp3) is 0.571. The molecule has 0 saturated carbocycles. The van der Waals surface area contributed by atoms with Crippen molar-refractivity contribution in [3.63, 3.8) is 0 Å². The predicted molar refractivity (Wildman–Crippen MR) is 35.4 cm³/mol. The van der Waals surface area contributed by atoms with Crippen molar-refractivity contribution < 1.29 is 4.79 Å². The van der Waals surface area contributed by atoms with Gasteiger partial charge in [-0.3, -0.25) is 9.69 Å². The molecule has 50 valence electrons. The van der Waals surface area contributed by atoms with Crippen LogP contribution < -0.4 is 0 Å². The Labute approximate surface area is 55.2 Å². The second-order valence-electron chi connectivity index (χ2n) is 3.26. The van der Waals surface area contributed by atoms with Crippen LogP contribution in [0.3, 0.4) is 0 Å². The van der Waals surface area contributed by atoms with Gasteiger partial charge in [0.05, 0.1) is 0 Å². The lowest BCUT2D eigenvalue weighted by Crippen LogP contribution is -2.26. The fourth-order valence-corrected chi connectivity index (χ4v) is 0.556. The second-order valence-corrected chi connectivity index (χ2v) is 3.26. The van der Waals surface area contributed by atoms with Crippen molar-refractivity contribution in [2.24, 2.45) is 5.41 Å². The molecule has 0 saturated heterocycles. The largest absolute Gasteiger partial charge is 0.291 e. The van der Waals surface area contributed by atoms with Crippen molar-refractivity contribution in [3.05, 3.63) is 12.4 Å². The predicted octanol–water partition coefficient (Wildman–Crippen LogP) is 1.35. The zero-order valence-electron chi connectivity index (χ0n) is 6.01. The summed E-state index contributed by atoms with van der Waals surface area (Å²) in [6.45, 7) is 5.74. The Hall–Kier alpha value is -0.790. The average Bonchev–Trinajstić information content (AvgIpc) is 2.40. The zero-order valence-corrected chi connectivity index (χ0v) is 6.01. The van der Waals surface area contributed by atoms with Crippen LogP contribution in [0.4, 0.5) is 0 Å². The molecule has 9 heavy (non-hydrogen) atoms. The summed E-state index contributed by atoms with van der Waals surface area (Å²) in [4.78, 5) is 12.7. The molecule has 0 aromatic rings. The molecule has 1 rings (SSSR count). The Bertz CT molecular complexity index is 158. The maximum Gasteiger partial charge on any atom is 0.236 e. The Balaban J connectivity index is 2.51. The second kappa shape index (κ2) is 1.59. The van der Waals surface area contributed by atoms with Gasteiger partial charge in [-0.2, -0.15) is 0 Å². The smallest absolute Gasteiger partial charge is 0.236 e. The first-order valence-electron chi connectivity index (χ1n) is 3.03. The number of rotatable bonds is 0. The molecule has 0 atom stereocenters. The third-order valence-corrected chi connectivity index (χ3v) is 1.17. The molecule has 0 unspecified atom stereocenters. The number of carbonyl (C=O) groups is 1. The highest BCUT2D eigenvalue weighted by Gasteiger charge is 2.28. The van der Waals surface area contributed by atoms with Crippen molar-refractivity contribution in [1.82, 2.24) is 4.90 Å². The van der Waals surface area contributed by atoms with Crippen molar-refractivity contribution in [3.8, 4) is 0 Å². The SMILES string of the molecule is CC(C)(C)C(=O)N1C=C1. The quantitative estimate of drug-likeness (QED) is 0.478. The molecule has 0 N–H and O–H groups in total. The van der Waals surface area contributed by atoms with Crippen LogP contribution in [0.1, 0.15) is 20.8 Å². The molecule has 0 aromatic carbocycles. The lowest BCUT2D eigenvalue weighted by Gasteiger charge is -2.16. The minimum absolute atomic E-state index is 0.169. The van der Waals surface area contributed by atoms with Crippen molar-refractivity contribution in [2.45, 2.75) is 20.8 Å². The fourth-order valence-electron chi connectivity index (χ4n) is 0.556. The molecule has 1 amide bonds. The van der Waals surface area contributed by atoms with Crippen LogP contribution in [0.2, 0.25) is 0 Å². The van der Waals surface area contributed by atoms with Gasteiger partial charge in [-0.1, -0.05) is 20.8 Å².